The fourth-order valence-corrected chi connectivity index (χ4v) is 5.23. The minimum Gasteiger partial charge on any atom is -0.508 e. The first-order chi connectivity index (χ1) is 14.4. The Morgan fingerprint density at radius 2 is 2.00 bits per heavy atom. The molecule has 158 valence electrons. The van der Waals surface area contributed by atoms with Gasteiger partial charge in [0.1, 0.15) is 5.75 Å². The van der Waals surface area contributed by atoms with Crippen LogP contribution in [-0.2, 0) is 21.3 Å². The SMILES string of the molecule is CCn1c(C(Cl)=Cc2cccc(O)c2)nc2cc(S(=O)(=O)N3CCOCC3)ccc21. The molecule has 0 spiro atoms. The smallest absolute Gasteiger partial charge is 0.243 e. The van der Waals surface area contributed by atoms with Gasteiger partial charge in [-0.1, -0.05) is 23.7 Å². The number of halogens is 1. The highest BCUT2D eigenvalue weighted by Crippen LogP contribution is 2.29. The highest BCUT2D eigenvalue weighted by molar-refractivity contribution is 7.89. The van der Waals surface area contributed by atoms with Crippen LogP contribution >= 0.6 is 11.6 Å². The lowest BCUT2D eigenvalue weighted by atomic mass is 10.2. The molecule has 9 heteroatoms. The Kier molecular flexibility index (Phi) is 5.84. The molecule has 3 aromatic rings. The molecule has 4 rings (SSSR count). The zero-order valence-electron chi connectivity index (χ0n) is 16.5. The van der Waals surface area contributed by atoms with Gasteiger partial charge in [-0.15, -0.1) is 0 Å². The summed E-state index contributed by atoms with van der Waals surface area (Å²) in [6, 6.07) is 11.7. The van der Waals surface area contributed by atoms with Gasteiger partial charge in [0, 0.05) is 19.6 Å². The van der Waals surface area contributed by atoms with Gasteiger partial charge < -0.3 is 14.4 Å². The quantitative estimate of drug-likeness (QED) is 0.646. The molecule has 1 fully saturated rings. The lowest BCUT2D eigenvalue weighted by Crippen LogP contribution is -2.40. The molecule has 30 heavy (non-hydrogen) atoms. The number of fused-ring (bicyclic) bond motifs is 1. The molecule has 0 amide bonds. The van der Waals surface area contributed by atoms with Crippen LogP contribution in [0.1, 0.15) is 18.3 Å². The molecule has 2 heterocycles. The first-order valence-electron chi connectivity index (χ1n) is 9.65. The molecule has 0 bridgehead atoms. The standard InChI is InChI=1S/C21H22ClN3O4S/c1-2-25-20-7-6-17(30(27,28)24-8-10-29-11-9-24)14-19(20)23-21(25)18(22)13-15-4-3-5-16(26)12-15/h3-7,12-14,26H,2,8-11H2,1H3. The minimum absolute atomic E-state index is 0.148. The predicted molar refractivity (Wildman–Crippen MR) is 117 cm³/mol. The summed E-state index contributed by atoms with van der Waals surface area (Å²) in [7, 11) is -3.61. The molecular formula is C21H22ClN3O4S. The van der Waals surface area contributed by atoms with E-state index in [4.69, 9.17) is 16.3 Å². The van der Waals surface area contributed by atoms with Crippen LogP contribution in [0.5, 0.6) is 5.75 Å². The van der Waals surface area contributed by atoms with Crippen LogP contribution in [0.3, 0.4) is 0 Å². The van der Waals surface area contributed by atoms with Crippen LogP contribution in [-0.4, -0.2) is 53.7 Å². The molecule has 1 aliphatic rings. The molecule has 0 aliphatic carbocycles. The number of imidazole rings is 1. The van der Waals surface area contributed by atoms with Crippen molar-refractivity contribution in [3.63, 3.8) is 0 Å². The average molecular weight is 448 g/mol. The van der Waals surface area contributed by atoms with Crippen molar-refractivity contribution >= 4 is 43.8 Å². The van der Waals surface area contributed by atoms with Crippen molar-refractivity contribution in [3.05, 3.63) is 53.9 Å². The molecule has 0 atom stereocenters. The number of phenolic OH excluding ortho intramolecular Hbond substituents is 1. The summed E-state index contributed by atoms with van der Waals surface area (Å²) in [6.07, 6.45) is 1.72. The van der Waals surface area contributed by atoms with E-state index in [9.17, 15) is 13.5 Å². The Balaban J connectivity index is 1.75. The maximum absolute atomic E-state index is 13.0. The molecule has 0 radical (unpaired) electrons. The number of rotatable bonds is 5. The topological polar surface area (TPSA) is 84.7 Å². The van der Waals surface area contributed by atoms with Crippen molar-refractivity contribution in [3.8, 4) is 5.75 Å². The van der Waals surface area contributed by atoms with Gasteiger partial charge in [-0.3, -0.25) is 0 Å². The van der Waals surface area contributed by atoms with E-state index in [0.29, 0.717) is 49.2 Å². The van der Waals surface area contributed by atoms with Crippen molar-refractivity contribution in [1.29, 1.82) is 0 Å². The lowest BCUT2D eigenvalue weighted by molar-refractivity contribution is 0.0730. The largest absolute Gasteiger partial charge is 0.508 e. The van der Waals surface area contributed by atoms with E-state index in [0.717, 1.165) is 11.1 Å². The Labute approximate surface area is 180 Å². The summed E-state index contributed by atoms with van der Waals surface area (Å²) in [5.41, 5.74) is 2.10. The summed E-state index contributed by atoms with van der Waals surface area (Å²) in [6.45, 7) is 4.06. The van der Waals surface area contributed by atoms with Crippen LogP contribution in [0.4, 0.5) is 0 Å². The van der Waals surface area contributed by atoms with E-state index >= 15 is 0 Å². The number of aromatic nitrogens is 2. The average Bonchev–Trinajstić information content (AvgIpc) is 3.12. The summed E-state index contributed by atoms with van der Waals surface area (Å²) in [5.74, 6) is 0.689. The number of hydrogen-bond acceptors (Lipinski definition) is 5. The molecule has 2 aromatic carbocycles. The van der Waals surface area contributed by atoms with E-state index in [2.05, 4.69) is 4.98 Å². The second kappa shape index (κ2) is 8.39. The van der Waals surface area contributed by atoms with Gasteiger partial charge >= 0.3 is 0 Å². The van der Waals surface area contributed by atoms with Crippen LogP contribution in [0.15, 0.2) is 47.4 Å². The number of ether oxygens (including phenoxy) is 1. The van der Waals surface area contributed by atoms with Gasteiger partial charge in [0.25, 0.3) is 0 Å². The van der Waals surface area contributed by atoms with E-state index in [1.807, 2.05) is 17.6 Å². The summed E-state index contributed by atoms with van der Waals surface area (Å²) in [5, 5.41) is 10.1. The van der Waals surface area contributed by atoms with Crippen LogP contribution in [0.2, 0.25) is 0 Å². The molecule has 1 saturated heterocycles. The van der Waals surface area contributed by atoms with Gasteiger partial charge in [0.15, 0.2) is 5.82 Å². The molecule has 7 nitrogen and oxygen atoms in total. The van der Waals surface area contributed by atoms with Crippen LogP contribution < -0.4 is 0 Å². The number of hydrogen-bond donors (Lipinski definition) is 1. The fourth-order valence-electron chi connectivity index (χ4n) is 3.53. The highest BCUT2D eigenvalue weighted by Gasteiger charge is 2.27. The zero-order chi connectivity index (χ0) is 21.3. The first-order valence-corrected chi connectivity index (χ1v) is 11.5. The summed E-state index contributed by atoms with van der Waals surface area (Å²) < 4.78 is 34.6. The predicted octanol–water partition coefficient (Wildman–Crippen LogP) is 3.52. The second-order valence-corrected chi connectivity index (χ2v) is 9.28. The van der Waals surface area contributed by atoms with Gasteiger partial charge in [0.2, 0.25) is 10.0 Å². The normalized spacial score (nSPS) is 16.3. The molecule has 0 unspecified atom stereocenters. The molecular weight excluding hydrogens is 426 g/mol. The molecule has 1 aliphatic heterocycles. The van der Waals surface area contributed by atoms with Crippen molar-refractivity contribution in [2.24, 2.45) is 0 Å². The number of aromatic hydroxyl groups is 1. The van der Waals surface area contributed by atoms with Gasteiger partial charge in [-0.25, -0.2) is 13.4 Å². The van der Waals surface area contributed by atoms with Crippen molar-refractivity contribution in [2.75, 3.05) is 26.3 Å². The third-order valence-electron chi connectivity index (χ3n) is 5.02. The van der Waals surface area contributed by atoms with Gasteiger partial charge in [0.05, 0.1) is 34.2 Å². The van der Waals surface area contributed by atoms with Crippen LogP contribution in [0.25, 0.3) is 22.1 Å². The number of benzene rings is 2. The van der Waals surface area contributed by atoms with Gasteiger partial charge in [-0.2, -0.15) is 4.31 Å². The number of phenols is 1. The third-order valence-corrected chi connectivity index (χ3v) is 7.19. The van der Waals surface area contributed by atoms with E-state index in [-0.39, 0.29) is 10.6 Å². The maximum atomic E-state index is 13.0. The Bertz CT molecular complexity index is 1210. The van der Waals surface area contributed by atoms with Crippen molar-refractivity contribution in [1.82, 2.24) is 13.9 Å². The molecule has 1 aromatic heterocycles. The fraction of sp³-hybridized carbons (Fsp3) is 0.286. The zero-order valence-corrected chi connectivity index (χ0v) is 18.0. The number of nitrogens with zero attached hydrogens (tertiary/aromatic N) is 3. The van der Waals surface area contributed by atoms with Crippen LogP contribution in [0, 0.1) is 0 Å². The number of sulfonamides is 1. The molecule has 1 N–H and O–H groups in total. The molecule has 0 saturated carbocycles. The van der Waals surface area contributed by atoms with Crippen molar-refractivity contribution < 1.29 is 18.3 Å². The Hall–Kier alpha value is -2.39. The summed E-state index contributed by atoms with van der Waals surface area (Å²) >= 11 is 6.56. The maximum Gasteiger partial charge on any atom is 0.243 e. The van der Waals surface area contributed by atoms with Crippen molar-refractivity contribution in [2.45, 2.75) is 18.4 Å². The monoisotopic (exact) mass is 447 g/mol. The van der Waals surface area contributed by atoms with E-state index in [1.165, 1.54) is 4.31 Å². The van der Waals surface area contributed by atoms with E-state index < -0.39 is 10.0 Å². The summed E-state index contributed by atoms with van der Waals surface area (Å²) in [4.78, 5) is 4.82. The lowest BCUT2D eigenvalue weighted by Gasteiger charge is -2.26. The minimum atomic E-state index is -3.61. The van der Waals surface area contributed by atoms with E-state index in [1.54, 1.807) is 42.5 Å². The Morgan fingerprint density at radius 1 is 1.23 bits per heavy atom. The van der Waals surface area contributed by atoms with Gasteiger partial charge in [-0.05, 0) is 48.9 Å². The first kappa shape index (κ1) is 20.9. The third kappa shape index (κ3) is 3.96. The number of morpholine rings is 1. The number of aryl methyl sites for hydroxylation is 1. The highest BCUT2D eigenvalue weighted by atomic mass is 35.5. The second-order valence-electron chi connectivity index (χ2n) is 6.93. The Morgan fingerprint density at radius 3 is 2.70 bits per heavy atom.